The van der Waals surface area contributed by atoms with Crippen LogP contribution < -0.4 is 11.1 Å². The number of hydrogen-bond acceptors (Lipinski definition) is 3. The van der Waals surface area contributed by atoms with E-state index in [0.29, 0.717) is 5.96 Å². The Labute approximate surface area is 159 Å². The van der Waals surface area contributed by atoms with Crippen LogP contribution in [0.2, 0.25) is 0 Å². The lowest BCUT2D eigenvalue weighted by atomic mass is 10.1. The maximum absolute atomic E-state index is 9.46. The van der Waals surface area contributed by atoms with E-state index in [1.54, 1.807) is 0 Å². The number of guanidine groups is 1. The van der Waals surface area contributed by atoms with Gasteiger partial charge in [0.25, 0.3) is 0 Å². The zero-order chi connectivity index (χ0) is 16.0. The SMILES string of the molecule is CCCCCCCCNC(N)=NCCCN1CCC(O)CC1.I. The molecule has 1 aliphatic heterocycles. The van der Waals surface area contributed by atoms with Crippen molar-refractivity contribution < 1.29 is 5.11 Å². The first-order chi connectivity index (χ1) is 10.7. The van der Waals surface area contributed by atoms with Crippen LogP contribution in [-0.4, -0.2) is 54.8 Å². The fourth-order valence-electron chi connectivity index (χ4n) is 2.81. The van der Waals surface area contributed by atoms with E-state index < -0.39 is 0 Å². The maximum atomic E-state index is 9.46. The third-order valence-corrected chi connectivity index (χ3v) is 4.31. The summed E-state index contributed by atoms with van der Waals surface area (Å²) in [5.41, 5.74) is 5.87. The Bertz CT molecular complexity index is 294. The molecule has 5 nitrogen and oxygen atoms in total. The van der Waals surface area contributed by atoms with Gasteiger partial charge in [-0.2, -0.15) is 0 Å². The fourth-order valence-corrected chi connectivity index (χ4v) is 2.81. The molecule has 0 aromatic carbocycles. The van der Waals surface area contributed by atoms with E-state index in [1.165, 1.54) is 38.5 Å². The number of halogens is 1. The first-order valence-corrected chi connectivity index (χ1v) is 9.16. The molecule has 1 aliphatic rings. The number of hydrogen-bond donors (Lipinski definition) is 3. The van der Waals surface area contributed by atoms with Crippen molar-refractivity contribution in [3.63, 3.8) is 0 Å². The summed E-state index contributed by atoms with van der Waals surface area (Å²) in [6.45, 7) is 7.04. The first kappa shape index (κ1) is 22.9. The molecule has 0 saturated carbocycles. The van der Waals surface area contributed by atoms with Crippen molar-refractivity contribution in [3.05, 3.63) is 0 Å². The predicted octanol–water partition coefficient (Wildman–Crippen LogP) is 2.72. The summed E-state index contributed by atoms with van der Waals surface area (Å²) in [7, 11) is 0. The van der Waals surface area contributed by atoms with Crippen LogP contribution in [0.15, 0.2) is 4.99 Å². The maximum Gasteiger partial charge on any atom is 0.188 e. The van der Waals surface area contributed by atoms with E-state index in [0.717, 1.165) is 52.0 Å². The monoisotopic (exact) mass is 440 g/mol. The fraction of sp³-hybridized carbons (Fsp3) is 0.941. The molecule has 1 saturated heterocycles. The number of aliphatic hydroxyl groups is 1. The van der Waals surface area contributed by atoms with Crippen molar-refractivity contribution in [1.82, 2.24) is 10.2 Å². The van der Waals surface area contributed by atoms with Crippen molar-refractivity contribution in [2.45, 2.75) is 70.8 Å². The molecule has 0 unspecified atom stereocenters. The van der Waals surface area contributed by atoms with Crippen molar-refractivity contribution in [3.8, 4) is 0 Å². The summed E-state index contributed by atoms with van der Waals surface area (Å²) < 4.78 is 0. The second-order valence-corrected chi connectivity index (χ2v) is 6.39. The van der Waals surface area contributed by atoms with Crippen LogP contribution in [0.5, 0.6) is 0 Å². The number of aliphatic imine (C=N–C) groups is 1. The first-order valence-electron chi connectivity index (χ1n) is 9.16. The standard InChI is InChI=1S/C17H36N4O.HI/c1-2-3-4-5-6-7-11-19-17(18)20-12-8-13-21-14-9-16(22)10-15-21;/h16,22H,2-15H2,1H3,(H3,18,19,20);1H. The molecule has 0 amide bonds. The van der Waals surface area contributed by atoms with Gasteiger partial charge in [0.2, 0.25) is 0 Å². The normalized spacial score (nSPS) is 17.0. The highest BCUT2D eigenvalue weighted by atomic mass is 127. The van der Waals surface area contributed by atoms with Gasteiger partial charge in [-0.15, -0.1) is 24.0 Å². The van der Waals surface area contributed by atoms with E-state index >= 15 is 0 Å². The van der Waals surface area contributed by atoms with Crippen LogP contribution in [0, 0.1) is 0 Å². The van der Waals surface area contributed by atoms with Gasteiger partial charge in [-0.05, 0) is 32.2 Å². The summed E-state index contributed by atoms with van der Waals surface area (Å²) in [6.07, 6.45) is 10.6. The number of nitrogens with zero attached hydrogens (tertiary/aromatic N) is 2. The summed E-state index contributed by atoms with van der Waals surface area (Å²) in [5.74, 6) is 0.586. The Morgan fingerprint density at radius 1 is 1.13 bits per heavy atom. The van der Waals surface area contributed by atoms with Crippen molar-refractivity contribution >= 4 is 29.9 Å². The molecule has 0 atom stereocenters. The number of aliphatic hydroxyl groups excluding tert-OH is 1. The van der Waals surface area contributed by atoms with E-state index in [2.05, 4.69) is 22.1 Å². The number of nitrogens with two attached hydrogens (primary N) is 1. The molecule has 0 bridgehead atoms. The van der Waals surface area contributed by atoms with Gasteiger partial charge in [0.15, 0.2) is 5.96 Å². The van der Waals surface area contributed by atoms with Crippen LogP contribution in [0.1, 0.15) is 64.7 Å². The van der Waals surface area contributed by atoms with E-state index in [9.17, 15) is 5.11 Å². The van der Waals surface area contributed by atoms with Gasteiger partial charge in [-0.25, -0.2) is 0 Å². The van der Waals surface area contributed by atoms with Gasteiger partial charge < -0.3 is 21.1 Å². The smallest absolute Gasteiger partial charge is 0.188 e. The lowest BCUT2D eigenvalue weighted by molar-refractivity contribution is 0.0824. The molecule has 0 aromatic rings. The zero-order valence-corrected chi connectivity index (χ0v) is 17.1. The summed E-state index contributed by atoms with van der Waals surface area (Å²) in [4.78, 5) is 6.78. The Morgan fingerprint density at radius 2 is 1.78 bits per heavy atom. The van der Waals surface area contributed by atoms with E-state index in [-0.39, 0.29) is 30.1 Å². The lowest BCUT2D eigenvalue weighted by Crippen LogP contribution is -2.36. The Kier molecular flexibility index (Phi) is 15.4. The summed E-state index contributed by atoms with van der Waals surface area (Å²) >= 11 is 0. The number of unbranched alkanes of at least 4 members (excludes halogenated alkanes) is 5. The van der Waals surface area contributed by atoms with E-state index in [1.807, 2.05) is 0 Å². The molecule has 1 fully saturated rings. The Balaban J connectivity index is 0.00000484. The van der Waals surface area contributed by atoms with Crippen molar-refractivity contribution in [1.29, 1.82) is 0 Å². The summed E-state index contributed by atoms with van der Waals surface area (Å²) in [6, 6.07) is 0. The molecule has 6 heteroatoms. The topological polar surface area (TPSA) is 73.9 Å². The molecular weight excluding hydrogens is 403 g/mol. The minimum Gasteiger partial charge on any atom is -0.393 e. The second kappa shape index (κ2) is 15.4. The molecule has 0 aromatic heterocycles. The van der Waals surface area contributed by atoms with Crippen LogP contribution >= 0.6 is 24.0 Å². The molecule has 1 heterocycles. The largest absolute Gasteiger partial charge is 0.393 e. The molecule has 23 heavy (non-hydrogen) atoms. The van der Waals surface area contributed by atoms with Crippen LogP contribution in [0.4, 0.5) is 0 Å². The minimum atomic E-state index is -0.0870. The van der Waals surface area contributed by atoms with Crippen molar-refractivity contribution in [2.75, 3.05) is 32.7 Å². The van der Waals surface area contributed by atoms with E-state index in [4.69, 9.17) is 5.73 Å². The average molecular weight is 440 g/mol. The Hall–Kier alpha value is -0.0800. The number of rotatable bonds is 11. The third-order valence-electron chi connectivity index (χ3n) is 4.31. The van der Waals surface area contributed by atoms with Crippen LogP contribution in [0.3, 0.4) is 0 Å². The van der Waals surface area contributed by atoms with Gasteiger partial charge in [-0.1, -0.05) is 39.0 Å². The van der Waals surface area contributed by atoms with Gasteiger partial charge >= 0.3 is 0 Å². The number of likely N-dealkylation sites (tertiary alicyclic amines) is 1. The number of nitrogens with one attached hydrogen (secondary N) is 1. The minimum absolute atomic E-state index is 0. The average Bonchev–Trinajstić information content (AvgIpc) is 2.52. The third kappa shape index (κ3) is 12.9. The van der Waals surface area contributed by atoms with Gasteiger partial charge in [0, 0.05) is 26.2 Å². The number of piperidine rings is 1. The van der Waals surface area contributed by atoms with Gasteiger partial charge in [0.1, 0.15) is 0 Å². The molecule has 0 spiro atoms. The molecule has 0 radical (unpaired) electrons. The highest BCUT2D eigenvalue weighted by Crippen LogP contribution is 2.09. The quantitative estimate of drug-likeness (QED) is 0.200. The van der Waals surface area contributed by atoms with Crippen molar-refractivity contribution in [2.24, 2.45) is 10.7 Å². The van der Waals surface area contributed by atoms with Crippen LogP contribution in [0.25, 0.3) is 0 Å². The molecule has 4 N–H and O–H groups in total. The lowest BCUT2D eigenvalue weighted by Gasteiger charge is -2.29. The Morgan fingerprint density at radius 3 is 2.48 bits per heavy atom. The molecule has 1 rings (SSSR count). The molecule has 0 aliphatic carbocycles. The molecular formula is C17H37IN4O. The predicted molar refractivity (Wildman–Crippen MR) is 110 cm³/mol. The summed E-state index contributed by atoms with van der Waals surface area (Å²) in [5, 5.41) is 12.7. The zero-order valence-electron chi connectivity index (χ0n) is 14.8. The molecule has 138 valence electrons. The van der Waals surface area contributed by atoms with Gasteiger partial charge in [-0.3, -0.25) is 4.99 Å². The highest BCUT2D eigenvalue weighted by molar-refractivity contribution is 14.0. The van der Waals surface area contributed by atoms with Gasteiger partial charge in [0.05, 0.1) is 6.10 Å². The second-order valence-electron chi connectivity index (χ2n) is 6.39. The van der Waals surface area contributed by atoms with Crippen LogP contribution in [-0.2, 0) is 0 Å². The highest BCUT2D eigenvalue weighted by Gasteiger charge is 2.15.